The van der Waals surface area contributed by atoms with E-state index in [-0.39, 0.29) is 28.3 Å². The molecule has 33 heavy (non-hydrogen) atoms. The molecule has 1 aromatic carbocycles. The second-order valence-electron chi connectivity index (χ2n) is 8.12. The van der Waals surface area contributed by atoms with Crippen molar-refractivity contribution < 1.29 is 14.3 Å². The topological polar surface area (TPSA) is 82.5 Å². The first-order chi connectivity index (χ1) is 16.1. The molecule has 1 amide bonds. The SMILES string of the molecule is Cc1cc(=O)c(C(=O)NC[C@@H]2COCCO2)c2n1-c1ccccc1S[C@@H](c1ccccn1)C2. The van der Waals surface area contributed by atoms with Crippen LogP contribution in [0.3, 0.4) is 0 Å². The molecule has 5 rings (SSSR count). The van der Waals surface area contributed by atoms with Crippen LogP contribution in [0, 0.1) is 6.92 Å². The molecular formula is C25H25N3O4S. The number of amides is 1. The molecule has 2 atom stereocenters. The van der Waals surface area contributed by atoms with Gasteiger partial charge in [-0.25, -0.2) is 0 Å². The Morgan fingerprint density at radius 1 is 1.21 bits per heavy atom. The smallest absolute Gasteiger partial charge is 0.257 e. The Bertz CT molecular complexity index is 1220. The van der Waals surface area contributed by atoms with Gasteiger partial charge >= 0.3 is 0 Å². The number of hydrogen-bond acceptors (Lipinski definition) is 6. The molecule has 0 saturated carbocycles. The first kappa shape index (κ1) is 21.9. The number of rotatable bonds is 4. The summed E-state index contributed by atoms with van der Waals surface area (Å²) in [6.45, 7) is 3.69. The van der Waals surface area contributed by atoms with Gasteiger partial charge in [0.1, 0.15) is 5.56 Å². The Kier molecular flexibility index (Phi) is 6.30. The molecule has 0 unspecified atom stereocenters. The lowest BCUT2D eigenvalue weighted by atomic mass is 10.0. The molecule has 170 valence electrons. The van der Waals surface area contributed by atoms with Gasteiger partial charge < -0.3 is 19.4 Å². The van der Waals surface area contributed by atoms with Crippen LogP contribution in [0.15, 0.2) is 64.4 Å². The van der Waals surface area contributed by atoms with E-state index in [1.165, 1.54) is 0 Å². The van der Waals surface area contributed by atoms with Gasteiger partial charge in [-0.05, 0) is 31.2 Å². The lowest BCUT2D eigenvalue weighted by molar-refractivity contribution is -0.0855. The number of aryl methyl sites for hydroxylation is 1. The summed E-state index contributed by atoms with van der Waals surface area (Å²) >= 11 is 1.70. The number of nitrogens with zero attached hydrogens (tertiary/aromatic N) is 2. The van der Waals surface area contributed by atoms with Crippen LogP contribution in [0.2, 0.25) is 0 Å². The van der Waals surface area contributed by atoms with Gasteiger partial charge in [-0.3, -0.25) is 14.6 Å². The van der Waals surface area contributed by atoms with Crippen LogP contribution < -0.4 is 10.7 Å². The first-order valence-corrected chi connectivity index (χ1v) is 11.9. The zero-order valence-electron chi connectivity index (χ0n) is 18.3. The highest BCUT2D eigenvalue weighted by Gasteiger charge is 2.30. The van der Waals surface area contributed by atoms with Crippen molar-refractivity contribution >= 4 is 17.7 Å². The number of carbonyl (C=O) groups is 1. The maximum Gasteiger partial charge on any atom is 0.257 e. The van der Waals surface area contributed by atoms with E-state index in [0.29, 0.717) is 38.5 Å². The summed E-state index contributed by atoms with van der Waals surface area (Å²) in [5, 5.41) is 2.86. The number of benzene rings is 1. The number of para-hydroxylation sites is 1. The summed E-state index contributed by atoms with van der Waals surface area (Å²) in [6.07, 6.45) is 2.06. The molecule has 1 N–H and O–H groups in total. The maximum atomic E-state index is 13.3. The fraction of sp³-hybridized carbons (Fsp3) is 0.320. The fourth-order valence-electron chi connectivity index (χ4n) is 4.36. The predicted octanol–water partition coefficient (Wildman–Crippen LogP) is 3.08. The fourth-order valence-corrected chi connectivity index (χ4v) is 5.60. The quantitative estimate of drug-likeness (QED) is 0.640. The average molecular weight is 464 g/mol. The van der Waals surface area contributed by atoms with Gasteiger partial charge in [-0.2, -0.15) is 0 Å². The Labute approximate surface area is 196 Å². The molecule has 1 saturated heterocycles. The summed E-state index contributed by atoms with van der Waals surface area (Å²) in [6, 6.07) is 15.5. The van der Waals surface area contributed by atoms with Crippen molar-refractivity contribution in [2.75, 3.05) is 26.4 Å². The highest BCUT2D eigenvalue weighted by molar-refractivity contribution is 7.99. The van der Waals surface area contributed by atoms with E-state index in [9.17, 15) is 9.59 Å². The molecule has 2 aliphatic rings. The summed E-state index contributed by atoms with van der Waals surface area (Å²) in [4.78, 5) is 32.1. The van der Waals surface area contributed by atoms with Crippen LogP contribution in [0.25, 0.3) is 5.69 Å². The number of thioether (sulfide) groups is 1. The van der Waals surface area contributed by atoms with Crippen molar-refractivity contribution in [3.63, 3.8) is 0 Å². The van der Waals surface area contributed by atoms with Gasteiger partial charge in [0.05, 0.1) is 42.6 Å². The van der Waals surface area contributed by atoms with Crippen LogP contribution in [0.4, 0.5) is 0 Å². The maximum absolute atomic E-state index is 13.3. The van der Waals surface area contributed by atoms with Gasteiger partial charge in [-0.15, -0.1) is 11.8 Å². The van der Waals surface area contributed by atoms with Crippen molar-refractivity contribution in [3.8, 4) is 5.69 Å². The van der Waals surface area contributed by atoms with Crippen molar-refractivity contribution in [3.05, 3.63) is 87.6 Å². The van der Waals surface area contributed by atoms with E-state index >= 15 is 0 Å². The highest BCUT2D eigenvalue weighted by Crippen LogP contribution is 2.43. The van der Waals surface area contributed by atoms with Crippen molar-refractivity contribution in [1.29, 1.82) is 0 Å². The normalized spacial score (nSPS) is 19.8. The second-order valence-corrected chi connectivity index (χ2v) is 9.36. The van der Waals surface area contributed by atoms with Crippen molar-refractivity contribution in [2.24, 2.45) is 0 Å². The lowest BCUT2D eigenvalue weighted by Crippen LogP contribution is -2.41. The zero-order chi connectivity index (χ0) is 22.8. The number of carbonyl (C=O) groups excluding carboxylic acids is 1. The summed E-state index contributed by atoms with van der Waals surface area (Å²) in [5.41, 5.74) is 3.28. The van der Waals surface area contributed by atoms with Gasteiger partial charge in [0.15, 0.2) is 5.43 Å². The minimum absolute atomic E-state index is 0.0380. The number of nitrogens with one attached hydrogen (secondary N) is 1. The Balaban J connectivity index is 1.59. The third kappa shape index (κ3) is 4.46. The Morgan fingerprint density at radius 3 is 2.85 bits per heavy atom. The molecule has 0 aliphatic carbocycles. The Hall–Kier alpha value is -2.94. The van der Waals surface area contributed by atoms with Crippen molar-refractivity contribution in [1.82, 2.24) is 14.9 Å². The molecule has 8 heteroatoms. The van der Waals surface area contributed by atoms with E-state index < -0.39 is 0 Å². The van der Waals surface area contributed by atoms with Crippen LogP contribution >= 0.6 is 11.8 Å². The monoisotopic (exact) mass is 463 g/mol. The Morgan fingerprint density at radius 2 is 2.06 bits per heavy atom. The molecule has 1 fully saturated rings. The van der Waals surface area contributed by atoms with Crippen LogP contribution in [0.1, 0.15) is 32.7 Å². The minimum Gasteiger partial charge on any atom is -0.376 e. The summed E-state index contributed by atoms with van der Waals surface area (Å²) in [7, 11) is 0. The number of hydrogen-bond donors (Lipinski definition) is 1. The molecule has 2 aliphatic heterocycles. The van der Waals surface area contributed by atoms with Crippen LogP contribution in [-0.2, 0) is 15.9 Å². The van der Waals surface area contributed by atoms with E-state index in [1.54, 1.807) is 24.0 Å². The predicted molar refractivity (Wildman–Crippen MR) is 126 cm³/mol. The number of pyridine rings is 2. The minimum atomic E-state index is -0.387. The van der Waals surface area contributed by atoms with E-state index in [1.807, 2.05) is 47.9 Å². The molecule has 0 spiro atoms. The van der Waals surface area contributed by atoms with Gasteiger partial charge in [0, 0.05) is 41.5 Å². The molecule has 0 radical (unpaired) electrons. The molecule has 0 bridgehead atoms. The molecule has 4 heterocycles. The zero-order valence-corrected chi connectivity index (χ0v) is 19.1. The van der Waals surface area contributed by atoms with Gasteiger partial charge in [-0.1, -0.05) is 18.2 Å². The summed E-state index contributed by atoms with van der Waals surface area (Å²) in [5.74, 6) is -0.387. The van der Waals surface area contributed by atoms with E-state index in [0.717, 1.165) is 22.0 Å². The largest absolute Gasteiger partial charge is 0.376 e. The highest BCUT2D eigenvalue weighted by atomic mass is 32.2. The number of fused-ring (bicyclic) bond motifs is 3. The van der Waals surface area contributed by atoms with Crippen LogP contribution in [-0.4, -0.2) is 47.9 Å². The molecule has 7 nitrogen and oxygen atoms in total. The number of ether oxygens (including phenoxy) is 2. The third-order valence-electron chi connectivity index (χ3n) is 5.87. The summed E-state index contributed by atoms with van der Waals surface area (Å²) < 4.78 is 13.1. The molecular weight excluding hydrogens is 438 g/mol. The molecule has 2 aromatic heterocycles. The lowest BCUT2D eigenvalue weighted by Gasteiger charge is -2.24. The van der Waals surface area contributed by atoms with E-state index in [2.05, 4.69) is 16.4 Å². The number of aromatic nitrogens is 2. The standard InChI is InChI=1S/C25H25N3O4S/c1-16-12-21(29)24(25(30)27-14-17-15-31-10-11-32-17)20-13-23(18-6-4-5-9-26-18)33-22-8-3-2-7-19(22)28(16)20/h2-9,12,17,23H,10-11,13-15H2,1H3,(H,27,30)/t17-,23-/m1/s1. The van der Waals surface area contributed by atoms with Gasteiger partial charge in [0.25, 0.3) is 5.91 Å². The second kappa shape index (κ2) is 9.51. The van der Waals surface area contributed by atoms with Crippen LogP contribution in [0.5, 0.6) is 0 Å². The van der Waals surface area contributed by atoms with E-state index in [4.69, 9.17) is 9.47 Å². The first-order valence-electron chi connectivity index (χ1n) is 11.0. The van der Waals surface area contributed by atoms with Crippen molar-refractivity contribution in [2.45, 2.75) is 29.6 Å². The van der Waals surface area contributed by atoms with Gasteiger partial charge in [0.2, 0.25) is 0 Å². The average Bonchev–Trinajstić information content (AvgIpc) is 3.01. The molecule has 3 aromatic rings. The third-order valence-corrected chi connectivity index (χ3v) is 7.16.